The summed E-state index contributed by atoms with van der Waals surface area (Å²) in [6, 6.07) is 2.58. The molecule has 0 fully saturated rings. The van der Waals surface area contributed by atoms with E-state index in [1.165, 1.54) is 0 Å². The van der Waals surface area contributed by atoms with Crippen LogP contribution in [0.15, 0.2) is 28.6 Å². The number of nitrogens with one attached hydrogen (secondary N) is 1. The lowest BCUT2D eigenvalue weighted by molar-refractivity contribution is -0.385. The Labute approximate surface area is 121 Å². The van der Waals surface area contributed by atoms with E-state index in [-0.39, 0.29) is 8.68 Å². The average molecular weight is 338 g/mol. The first-order valence-corrected chi connectivity index (χ1v) is 7.55. The van der Waals surface area contributed by atoms with E-state index in [4.69, 9.17) is 11.6 Å². The second-order valence-corrected chi connectivity index (χ2v) is 6.98. The van der Waals surface area contributed by atoms with Crippen molar-refractivity contribution in [2.24, 2.45) is 0 Å². The van der Waals surface area contributed by atoms with Crippen molar-refractivity contribution >= 4 is 44.3 Å². The number of non-ortho nitro benzene ring substituents is 1. The van der Waals surface area contributed by atoms with E-state index in [0.29, 0.717) is 17.4 Å². The molecule has 0 saturated heterocycles. The molecule has 1 heterocycles. The van der Waals surface area contributed by atoms with E-state index in [1.807, 2.05) is 4.72 Å². The number of hydrogen-bond acceptors (Lipinski definition) is 6. The number of nitrogens with zero attached hydrogens (tertiary/aromatic N) is 2. The summed E-state index contributed by atoms with van der Waals surface area (Å²) in [6.07, 6.45) is 1.03. The zero-order valence-corrected chi connectivity index (χ0v) is 11.8. The molecular weight excluding hydrogens is 333 g/mol. The van der Waals surface area contributed by atoms with Crippen molar-refractivity contribution in [2.45, 2.75) is 4.21 Å². The van der Waals surface area contributed by atoms with E-state index in [1.54, 1.807) is 0 Å². The van der Waals surface area contributed by atoms with Gasteiger partial charge in [0.25, 0.3) is 15.7 Å². The molecule has 2 rings (SSSR count). The predicted octanol–water partition coefficient (Wildman–Crippen LogP) is 2.64. The van der Waals surface area contributed by atoms with Crippen molar-refractivity contribution in [3.05, 3.63) is 44.8 Å². The van der Waals surface area contributed by atoms with Crippen molar-refractivity contribution in [3.63, 3.8) is 0 Å². The zero-order chi connectivity index (χ0) is 14.9. The topological polar surface area (TPSA) is 102 Å². The summed E-state index contributed by atoms with van der Waals surface area (Å²) in [7, 11) is -4.04. The van der Waals surface area contributed by atoms with Gasteiger partial charge in [-0.15, -0.1) is 0 Å². The van der Waals surface area contributed by atoms with E-state index in [0.717, 1.165) is 18.3 Å². The molecular formula is C9H5ClFN3O4S2. The van der Waals surface area contributed by atoms with Gasteiger partial charge in [-0.25, -0.2) is 17.8 Å². The third-order valence-electron chi connectivity index (χ3n) is 2.13. The standard InChI is InChI=1S/C9H5ClFN3O4S2/c10-9-12-4-8(19-9)20(17,18)13-7-2-1-5(14(15)16)3-6(7)11/h1-4,13H. The molecule has 0 spiro atoms. The lowest BCUT2D eigenvalue weighted by atomic mass is 10.3. The van der Waals surface area contributed by atoms with Gasteiger partial charge in [-0.3, -0.25) is 14.8 Å². The van der Waals surface area contributed by atoms with Crippen molar-refractivity contribution in [1.82, 2.24) is 4.98 Å². The number of halogens is 2. The second-order valence-electron chi connectivity index (χ2n) is 3.46. The van der Waals surface area contributed by atoms with Crippen molar-refractivity contribution in [2.75, 3.05) is 4.72 Å². The lowest BCUT2D eigenvalue weighted by Crippen LogP contribution is -2.12. The zero-order valence-electron chi connectivity index (χ0n) is 9.41. The Balaban J connectivity index is 2.32. The molecule has 1 N–H and O–H groups in total. The Hall–Kier alpha value is -1.78. The van der Waals surface area contributed by atoms with Crippen LogP contribution in [-0.2, 0) is 10.0 Å². The highest BCUT2D eigenvalue weighted by Gasteiger charge is 2.20. The van der Waals surface area contributed by atoms with Crippen LogP contribution in [0.1, 0.15) is 0 Å². The minimum atomic E-state index is -4.04. The first-order valence-electron chi connectivity index (χ1n) is 4.88. The summed E-state index contributed by atoms with van der Waals surface area (Å²) < 4.78 is 39.2. The lowest BCUT2D eigenvalue weighted by Gasteiger charge is -2.06. The molecule has 0 radical (unpaired) electrons. The molecule has 1 aromatic heterocycles. The molecule has 7 nitrogen and oxygen atoms in total. The van der Waals surface area contributed by atoms with Gasteiger partial charge in [-0.2, -0.15) is 0 Å². The molecule has 0 saturated carbocycles. The predicted molar refractivity (Wildman–Crippen MR) is 71.0 cm³/mol. The minimum absolute atomic E-state index is 0.0227. The van der Waals surface area contributed by atoms with E-state index < -0.39 is 32.1 Å². The molecule has 11 heteroatoms. The number of nitro groups is 1. The molecule has 0 amide bonds. The molecule has 1 aromatic carbocycles. The van der Waals surface area contributed by atoms with Crippen LogP contribution in [0.25, 0.3) is 0 Å². The van der Waals surface area contributed by atoms with Crippen LogP contribution >= 0.6 is 22.9 Å². The maximum absolute atomic E-state index is 13.6. The molecule has 0 unspecified atom stereocenters. The van der Waals surface area contributed by atoms with Gasteiger partial charge in [-0.1, -0.05) is 22.9 Å². The van der Waals surface area contributed by atoms with Crippen LogP contribution in [-0.4, -0.2) is 18.3 Å². The number of thiazole rings is 1. The molecule has 106 valence electrons. The molecule has 20 heavy (non-hydrogen) atoms. The maximum atomic E-state index is 13.6. The third kappa shape index (κ3) is 3.03. The monoisotopic (exact) mass is 337 g/mol. The van der Waals surface area contributed by atoms with Crippen LogP contribution in [0, 0.1) is 15.9 Å². The first-order chi connectivity index (χ1) is 9.29. The van der Waals surface area contributed by atoms with Gasteiger partial charge in [-0.05, 0) is 6.07 Å². The number of hydrogen-bond donors (Lipinski definition) is 1. The quantitative estimate of drug-likeness (QED) is 0.682. The highest BCUT2D eigenvalue weighted by Crippen LogP contribution is 2.27. The van der Waals surface area contributed by atoms with Gasteiger partial charge in [0.1, 0.15) is 0 Å². The fourth-order valence-corrected chi connectivity index (χ4v) is 3.62. The van der Waals surface area contributed by atoms with Gasteiger partial charge < -0.3 is 0 Å². The van der Waals surface area contributed by atoms with Crippen molar-refractivity contribution in [1.29, 1.82) is 0 Å². The Kier molecular flexibility index (Phi) is 3.88. The van der Waals surface area contributed by atoms with E-state index in [9.17, 15) is 22.9 Å². The number of anilines is 1. The Morgan fingerprint density at radius 1 is 1.45 bits per heavy atom. The minimum Gasteiger partial charge on any atom is -0.276 e. The largest absolute Gasteiger partial charge is 0.276 e. The van der Waals surface area contributed by atoms with Gasteiger partial charge in [0.2, 0.25) is 0 Å². The molecule has 0 bridgehead atoms. The average Bonchev–Trinajstić information content (AvgIpc) is 2.79. The van der Waals surface area contributed by atoms with Crippen LogP contribution in [0.3, 0.4) is 0 Å². The third-order valence-corrected chi connectivity index (χ3v) is 5.07. The highest BCUT2D eigenvalue weighted by molar-refractivity contribution is 7.94. The Morgan fingerprint density at radius 2 is 2.15 bits per heavy atom. The van der Waals surface area contributed by atoms with Gasteiger partial charge in [0.05, 0.1) is 22.9 Å². The highest BCUT2D eigenvalue weighted by atomic mass is 35.5. The van der Waals surface area contributed by atoms with Gasteiger partial charge in [0, 0.05) is 6.07 Å². The van der Waals surface area contributed by atoms with E-state index >= 15 is 0 Å². The molecule has 0 aliphatic carbocycles. The normalized spacial score (nSPS) is 11.3. The van der Waals surface area contributed by atoms with Gasteiger partial charge >= 0.3 is 0 Å². The van der Waals surface area contributed by atoms with Gasteiger partial charge in [0.15, 0.2) is 14.5 Å². The second kappa shape index (κ2) is 5.31. The molecule has 2 aromatic rings. The van der Waals surface area contributed by atoms with E-state index in [2.05, 4.69) is 4.98 Å². The fraction of sp³-hybridized carbons (Fsp3) is 0. The Bertz CT molecular complexity index is 777. The smallest absolute Gasteiger partial charge is 0.273 e. The summed E-state index contributed by atoms with van der Waals surface area (Å²) >= 11 is 6.22. The summed E-state index contributed by atoms with van der Waals surface area (Å²) in [6.45, 7) is 0. The number of nitro benzene ring substituents is 1. The number of benzene rings is 1. The van der Waals surface area contributed by atoms with Crippen LogP contribution in [0.5, 0.6) is 0 Å². The Morgan fingerprint density at radius 3 is 2.65 bits per heavy atom. The SMILES string of the molecule is O=[N+]([O-])c1ccc(NS(=O)(=O)c2cnc(Cl)s2)c(F)c1. The van der Waals surface area contributed by atoms with Crippen LogP contribution in [0.4, 0.5) is 15.8 Å². The first kappa shape index (κ1) is 14.6. The maximum Gasteiger partial charge on any atom is 0.273 e. The number of sulfonamides is 1. The molecule has 0 atom stereocenters. The van der Waals surface area contributed by atoms with Crippen molar-refractivity contribution in [3.8, 4) is 0 Å². The van der Waals surface area contributed by atoms with Crippen LogP contribution < -0.4 is 4.72 Å². The number of rotatable bonds is 4. The fourth-order valence-electron chi connectivity index (χ4n) is 1.26. The summed E-state index contributed by atoms with van der Waals surface area (Å²) in [4.78, 5) is 13.2. The number of aromatic nitrogens is 1. The molecule has 0 aliphatic rings. The summed E-state index contributed by atoms with van der Waals surface area (Å²) in [5, 5.41) is 10.5. The summed E-state index contributed by atoms with van der Waals surface area (Å²) in [5.74, 6) is -1.06. The van der Waals surface area contributed by atoms with Crippen molar-refractivity contribution < 1.29 is 17.7 Å². The summed E-state index contributed by atoms with van der Waals surface area (Å²) in [5.41, 5.74) is -0.883. The molecule has 0 aliphatic heterocycles. The van der Waals surface area contributed by atoms with Crippen LogP contribution in [0.2, 0.25) is 4.47 Å².